The van der Waals surface area contributed by atoms with Gasteiger partial charge in [-0.25, -0.2) is 0 Å². The zero-order valence-corrected chi connectivity index (χ0v) is 16.6. The highest BCUT2D eigenvalue weighted by molar-refractivity contribution is 5.77. The van der Waals surface area contributed by atoms with Crippen molar-refractivity contribution in [3.8, 4) is 11.4 Å². The summed E-state index contributed by atoms with van der Waals surface area (Å²) in [6.45, 7) is 4.04. The Labute approximate surface area is 173 Å². The Morgan fingerprint density at radius 3 is 2.67 bits per heavy atom. The number of rotatable bonds is 9. The van der Waals surface area contributed by atoms with E-state index in [9.17, 15) is 14.9 Å². The van der Waals surface area contributed by atoms with Crippen LogP contribution in [0.15, 0.2) is 59.1 Å². The number of ether oxygens (including phenoxy) is 1. The van der Waals surface area contributed by atoms with Gasteiger partial charge in [-0.2, -0.15) is 4.98 Å². The van der Waals surface area contributed by atoms with Crippen LogP contribution in [0.2, 0.25) is 0 Å². The molecule has 0 aliphatic carbocycles. The second-order valence-corrected chi connectivity index (χ2v) is 7.03. The Kier molecular flexibility index (Phi) is 6.87. The third kappa shape index (κ3) is 5.48. The number of hydrogen-bond acceptors (Lipinski definition) is 7. The van der Waals surface area contributed by atoms with Gasteiger partial charge in [-0.1, -0.05) is 61.5 Å². The Bertz CT molecular complexity index is 1000. The van der Waals surface area contributed by atoms with Gasteiger partial charge in [0, 0.05) is 17.7 Å². The molecule has 9 nitrogen and oxygen atoms in total. The van der Waals surface area contributed by atoms with E-state index >= 15 is 0 Å². The molecule has 1 aromatic heterocycles. The molecule has 1 heterocycles. The zero-order chi connectivity index (χ0) is 21.5. The summed E-state index contributed by atoms with van der Waals surface area (Å²) in [6.07, 6.45) is 0. The molecule has 2 aromatic carbocycles. The fraction of sp³-hybridized carbons (Fsp3) is 0.286. The Morgan fingerprint density at radius 2 is 1.97 bits per heavy atom. The predicted molar refractivity (Wildman–Crippen MR) is 108 cm³/mol. The molecule has 1 amide bonds. The third-order valence-electron chi connectivity index (χ3n) is 4.35. The molecular formula is C21H22N4O5. The summed E-state index contributed by atoms with van der Waals surface area (Å²) in [4.78, 5) is 27.1. The fourth-order valence-corrected chi connectivity index (χ4v) is 2.80. The highest BCUT2D eigenvalue weighted by Crippen LogP contribution is 2.25. The number of amides is 1. The highest BCUT2D eigenvalue weighted by atomic mass is 16.6. The largest absolute Gasteiger partial charge is 0.367 e. The number of benzene rings is 2. The molecule has 0 radical (unpaired) electrons. The van der Waals surface area contributed by atoms with Crippen molar-refractivity contribution in [1.29, 1.82) is 0 Å². The first kappa shape index (κ1) is 21.1. The summed E-state index contributed by atoms with van der Waals surface area (Å²) in [5, 5.41) is 17.7. The number of carbonyl (C=O) groups is 1. The molecule has 1 N–H and O–H groups in total. The lowest BCUT2D eigenvalue weighted by Gasteiger charge is -2.18. The number of hydrogen-bond donors (Lipinski definition) is 1. The number of nitrogens with zero attached hydrogens (tertiary/aromatic N) is 3. The van der Waals surface area contributed by atoms with Gasteiger partial charge in [-0.15, -0.1) is 0 Å². The lowest BCUT2D eigenvalue weighted by atomic mass is 10.0. The summed E-state index contributed by atoms with van der Waals surface area (Å²) < 4.78 is 10.8. The molecule has 0 fully saturated rings. The smallest absolute Gasteiger partial charge is 0.270 e. The van der Waals surface area contributed by atoms with Crippen molar-refractivity contribution in [2.75, 3.05) is 6.61 Å². The van der Waals surface area contributed by atoms with E-state index in [1.54, 1.807) is 12.1 Å². The fourth-order valence-electron chi connectivity index (χ4n) is 2.80. The summed E-state index contributed by atoms with van der Waals surface area (Å²) in [5.74, 6) is 0.109. The van der Waals surface area contributed by atoms with Crippen LogP contribution in [-0.4, -0.2) is 27.6 Å². The van der Waals surface area contributed by atoms with Crippen molar-refractivity contribution in [3.05, 3.63) is 76.2 Å². The lowest BCUT2D eigenvalue weighted by molar-refractivity contribution is -0.384. The Hall–Kier alpha value is -3.59. The van der Waals surface area contributed by atoms with Gasteiger partial charge in [-0.05, 0) is 11.5 Å². The molecule has 1 atom stereocenters. The Morgan fingerprint density at radius 1 is 1.20 bits per heavy atom. The standard InChI is InChI=1S/C21H22N4O5/c1-14(2)19(22-18(26)13-29-12-15-7-4-3-5-8-15)21-23-20(24-30-21)16-9-6-10-17(11-16)25(27)28/h3-11,14,19H,12-13H2,1-2H3,(H,22,26)/t19-/m1/s1. The highest BCUT2D eigenvalue weighted by Gasteiger charge is 2.25. The van der Waals surface area contributed by atoms with Gasteiger partial charge in [0.1, 0.15) is 12.6 Å². The monoisotopic (exact) mass is 410 g/mol. The summed E-state index contributed by atoms with van der Waals surface area (Å²) in [7, 11) is 0. The second kappa shape index (κ2) is 9.75. The van der Waals surface area contributed by atoms with E-state index in [1.165, 1.54) is 12.1 Å². The quantitative estimate of drug-likeness (QED) is 0.422. The van der Waals surface area contributed by atoms with Crippen molar-refractivity contribution in [2.45, 2.75) is 26.5 Å². The maximum atomic E-state index is 12.3. The molecule has 0 unspecified atom stereocenters. The number of nitro benzene ring substituents is 1. The average Bonchev–Trinajstić information content (AvgIpc) is 3.22. The van der Waals surface area contributed by atoms with Crippen LogP contribution in [0.1, 0.15) is 31.3 Å². The molecule has 156 valence electrons. The van der Waals surface area contributed by atoms with E-state index < -0.39 is 11.0 Å². The van der Waals surface area contributed by atoms with Gasteiger partial charge < -0.3 is 14.6 Å². The van der Waals surface area contributed by atoms with Gasteiger partial charge in [0.05, 0.1) is 11.5 Å². The molecule has 0 saturated carbocycles. The first-order valence-electron chi connectivity index (χ1n) is 9.43. The Balaban J connectivity index is 1.64. The van der Waals surface area contributed by atoms with E-state index in [0.717, 1.165) is 5.56 Å². The first-order valence-corrected chi connectivity index (χ1v) is 9.43. The van der Waals surface area contributed by atoms with Crippen molar-refractivity contribution in [1.82, 2.24) is 15.5 Å². The maximum Gasteiger partial charge on any atom is 0.270 e. The average molecular weight is 410 g/mol. The van der Waals surface area contributed by atoms with Gasteiger partial charge in [0.2, 0.25) is 17.6 Å². The number of nitrogens with one attached hydrogen (secondary N) is 1. The summed E-state index contributed by atoms with van der Waals surface area (Å²) in [6, 6.07) is 15.0. The van der Waals surface area contributed by atoms with Crippen molar-refractivity contribution >= 4 is 11.6 Å². The number of aromatic nitrogens is 2. The van der Waals surface area contributed by atoms with E-state index in [-0.39, 0.29) is 35.8 Å². The SMILES string of the molecule is CC(C)[C@@H](NC(=O)COCc1ccccc1)c1nc(-c2cccc([N+](=O)[O-])c2)no1. The molecule has 30 heavy (non-hydrogen) atoms. The number of carbonyl (C=O) groups excluding carboxylic acids is 1. The van der Waals surface area contributed by atoms with Crippen molar-refractivity contribution < 1.29 is 19.0 Å². The van der Waals surface area contributed by atoms with Gasteiger partial charge >= 0.3 is 0 Å². The minimum Gasteiger partial charge on any atom is -0.367 e. The molecule has 0 aliphatic rings. The van der Waals surface area contributed by atoms with Crippen LogP contribution >= 0.6 is 0 Å². The van der Waals surface area contributed by atoms with Crippen LogP contribution in [0.5, 0.6) is 0 Å². The molecule has 0 bridgehead atoms. The van der Waals surface area contributed by atoms with Gasteiger partial charge in [0.15, 0.2) is 0 Å². The molecule has 3 aromatic rings. The summed E-state index contributed by atoms with van der Waals surface area (Å²) in [5.41, 5.74) is 1.37. The van der Waals surface area contributed by atoms with Crippen molar-refractivity contribution in [2.24, 2.45) is 5.92 Å². The van der Waals surface area contributed by atoms with E-state index in [2.05, 4.69) is 15.5 Å². The summed E-state index contributed by atoms with van der Waals surface area (Å²) >= 11 is 0. The molecule has 0 spiro atoms. The molecule has 3 rings (SSSR count). The van der Waals surface area contributed by atoms with E-state index in [4.69, 9.17) is 9.26 Å². The van der Waals surface area contributed by atoms with Crippen LogP contribution in [0, 0.1) is 16.0 Å². The minimum absolute atomic E-state index is 0.0264. The molecule has 0 aliphatic heterocycles. The number of non-ortho nitro benzene ring substituents is 1. The molecule has 9 heteroatoms. The first-order chi connectivity index (χ1) is 14.4. The van der Waals surface area contributed by atoms with Crippen LogP contribution in [-0.2, 0) is 16.1 Å². The van der Waals surface area contributed by atoms with E-state index in [0.29, 0.717) is 12.2 Å². The van der Waals surface area contributed by atoms with Crippen LogP contribution in [0.25, 0.3) is 11.4 Å². The van der Waals surface area contributed by atoms with Crippen LogP contribution in [0.4, 0.5) is 5.69 Å². The normalized spacial score (nSPS) is 12.0. The second-order valence-electron chi connectivity index (χ2n) is 7.03. The van der Waals surface area contributed by atoms with Crippen LogP contribution < -0.4 is 5.32 Å². The lowest BCUT2D eigenvalue weighted by Crippen LogP contribution is -2.34. The molecular weight excluding hydrogens is 388 g/mol. The predicted octanol–water partition coefficient (Wildman–Crippen LogP) is 3.67. The van der Waals surface area contributed by atoms with E-state index in [1.807, 2.05) is 44.2 Å². The maximum absolute atomic E-state index is 12.3. The third-order valence-corrected chi connectivity index (χ3v) is 4.35. The van der Waals surface area contributed by atoms with Gasteiger partial charge in [-0.3, -0.25) is 14.9 Å². The molecule has 0 saturated heterocycles. The minimum atomic E-state index is -0.516. The van der Waals surface area contributed by atoms with Crippen molar-refractivity contribution in [3.63, 3.8) is 0 Å². The van der Waals surface area contributed by atoms with Crippen LogP contribution in [0.3, 0.4) is 0 Å². The number of nitro groups is 1. The zero-order valence-electron chi connectivity index (χ0n) is 16.6. The topological polar surface area (TPSA) is 120 Å². The van der Waals surface area contributed by atoms with Gasteiger partial charge in [0.25, 0.3) is 5.69 Å².